The summed E-state index contributed by atoms with van der Waals surface area (Å²) >= 11 is 0. The van der Waals surface area contributed by atoms with Crippen molar-refractivity contribution in [3.8, 4) is 0 Å². The third-order valence-electron chi connectivity index (χ3n) is 1.34. The lowest BCUT2D eigenvalue weighted by Gasteiger charge is -2.05. The number of carboxylic acids is 1. The number of hydrogen-bond acceptors (Lipinski definition) is 2. The average Bonchev–Trinajstić information content (AvgIpc) is 1.85. The number of nitrogens with one attached hydrogen (secondary N) is 1. The van der Waals surface area contributed by atoms with Crippen LogP contribution in [0.15, 0.2) is 0 Å². The van der Waals surface area contributed by atoms with Crippen LogP contribution in [-0.4, -0.2) is 24.0 Å². The molecule has 0 radical (unpaired) electrons. The maximum Gasteiger partial charge on any atom is 0.303 e. The van der Waals surface area contributed by atoms with Gasteiger partial charge < -0.3 is 10.4 Å². The Balaban J connectivity index is 3.60. The number of aliphatic carboxylic acids is 1. The van der Waals surface area contributed by atoms with E-state index in [1.54, 1.807) is 6.92 Å². The second-order valence-corrected chi connectivity index (χ2v) is 2.58. The second kappa shape index (κ2) is 4.71. The predicted octanol–water partition coefficient (Wildman–Crippen LogP) is 0.233. The van der Waals surface area contributed by atoms with Gasteiger partial charge in [0.25, 0.3) is 0 Å². The van der Waals surface area contributed by atoms with Crippen LogP contribution in [0.5, 0.6) is 0 Å². The molecule has 0 rings (SSSR count). The summed E-state index contributed by atoms with van der Waals surface area (Å²) < 4.78 is 0. The van der Waals surface area contributed by atoms with E-state index in [2.05, 4.69) is 5.32 Å². The van der Waals surface area contributed by atoms with E-state index in [0.717, 1.165) is 0 Å². The highest BCUT2D eigenvalue weighted by atomic mass is 16.4. The average molecular weight is 159 g/mol. The maximum atomic E-state index is 10.7. The number of carbonyl (C=O) groups excluding carboxylic acids is 1. The lowest BCUT2D eigenvalue weighted by molar-refractivity contribution is -0.138. The Morgan fingerprint density at radius 2 is 2.00 bits per heavy atom. The lowest BCUT2D eigenvalue weighted by Crippen LogP contribution is -2.21. The first-order chi connectivity index (χ1) is 5.06. The van der Waals surface area contributed by atoms with Crippen LogP contribution >= 0.6 is 0 Å². The summed E-state index contributed by atoms with van der Waals surface area (Å²) in [5.41, 5.74) is 0. The second-order valence-electron chi connectivity index (χ2n) is 2.58. The van der Waals surface area contributed by atoms with E-state index in [-0.39, 0.29) is 24.7 Å². The van der Waals surface area contributed by atoms with Crippen LogP contribution in [0.3, 0.4) is 0 Å². The topological polar surface area (TPSA) is 66.4 Å². The molecule has 1 atom stereocenters. The van der Waals surface area contributed by atoms with E-state index in [1.165, 1.54) is 7.05 Å². The molecule has 0 aliphatic heterocycles. The lowest BCUT2D eigenvalue weighted by atomic mass is 10.0. The Labute approximate surface area is 65.6 Å². The van der Waals surface area contributed by atoms with Crippen molar-refractivity contribution in [2.75, 3.05) is 7.05 Å². The van der Waals surface area contributed by atoms with Crippen LogP contribution in [0.25, 0.3) is 0 Å². The maximum absolute atomic E-state index is 10.7. The van der Waals surface area contributed by atoms with Crippen molar-refractivity contribution in [2.45, 2.75) is 19.8 Å². The Hall–Kier alpha value is -1.06. The van der Waals surface area contributed by atoms with Gasteiger partial charge in [0.1, 0.15) is 0 Å². The van der Waals surface area contributed by atoms with E-state index < -0.39 is 5.97 Å². The van der Waals surface area contributed by atoms with Crippen LogP contribution in [-0.2, 0) is 9.59 Å². The number of hydrogen-bond donors (Lipinski definition) is 2. The van der Waals surface area contributed by atoms with Gasteiger partial charge in [-0.05, 0) is 5.92 Å². The molecule has 0 heterocycles. The predicted molar refractivity (Wildman–Crippen MR) is 40.1 cm³/mol. The molecule has 0 bridgehead atoms. The third-order valence-corrected chi connectivity index (χ3v) is 1.34. The van der Waals surface area contributed by atoms with Crippen LogP contribution in [0.2, 0.25) is 0 Å². The van der Waals surface area contributed by atoms with Crippen molar-refractivity contribution in [3.63, 3.8) is 0 Å². The molecule has 11 heavy (non-hydrogen) atoms. The van der Waals surface area contributed by atoms with Crippen molar-refractivity contribution in [1.29, 1.82) is 0 Å². The standard InChI is InChI=1S/C7H13NO3/c1-5(4-7(10)11)3-6(9)8-2/h5H,3-4H2,1-2H3,(H,8,9)(H,10,11)/t5-/m1/s1. The van der Waals surface area contributed by atoms with Gasteiger partial charge in [-0.2, -0.15) is 0 Å². The number of carboxylic acid groups (broad SMARTS) is 1. The molecule has 0 aliphatic rings. The summed E-state index contributed by atoms with van der Waals surface area (Å²) in [4.78, 5) is 20.8. The van der Waals surface area contributed by atoms with Crippen LogP contribution < -0.4 is 5.32 Å². The monoisotopic (exact) mass is 159 g/mol. The molecule has 0 aliphatic carbocycles. The summed E-state index contributed by atoms with van der Waals surface area (Å²) in [5, 5.41) is 10.8. The zero-order chi connectivity index (χ0) is 8.85. The van der Waals surface area contributed by atoms with E-state index >= 15 is 0 Å². The normalized spacial score (nSPS) is 12.2. The minimum atomic E-state index is -0.860. The smallest absolute Gasteiger partial charge is 0.303 e. The minimum absolute atomic E-state index is 0.0490. The van der Waals surface area contributed by atoms with E-state index in [9.17, 15) is 9.59 Å². The fraction of sp³-hybridized carbons (Fsp3) is 0.714. The molecule has 0 unspecified atom stereocenters. The first-order valence-corrected chi connectivity index (χ1v) is 3.48. The van der Waals surface area contributed by atoms with Gasteiger partial charge in [-0.15, -0.1) is 0 Å². The molecule has 0 aromatic carbocycles. The fourth-order valence-corrected chi connectivity index (χ4v) is 0.789. The minimum Gasteiger partial charge on any atom is -0.481 e. The summed E-state index contributed by atoms with van der Waals surface area (Å²) in [5.74, 6) is -1.06. The van der Waals surface area contributed by atoms with E-state index in [1.807, 2.05) is 0 Å². The van der Waals surface area contributed by atoms with Gasteiger partial charge in [-0.25, -0.2) is 0 Å². The van der Waals surface area contributed by atoms with Crippen molar-refractivity contribution >= 4 is 11.9 Å². The third kappa shape index (κ3) is 5.39. The van der Waals surface area contributed by atoms with Crippen LogP contribution in [0.1, 0.15) is 19.8 Å². The zero-order valence-electron chi connectivity index (χ0n) is 6.76. The number of carbonyl (C=O) groups is 2. The van der Waals surface area contributed by atoms with Gasteiger partial charge in [0, 0.05) is 19.9 Å². The number of amides is 1. The molecule has 4 heteroatoms. The zero-order valence-corrected chi connectivity index (χ0v) is 6.76. The SMILES string of the molecule is CNC(=O)C[C@@H](C)CC(=O)O. The Morgan fingerprint density at radius 3 is 2.36 bits per heavy atom. The molecular formula is C7H13NO3. The molecule has 1 amide bonds. The largest absolute Gasteiger partial charge is 0.481 e. The summed E-state index contributed by atoms with van der Waals surface area (Å²) in [6.07, 6.45) is 0.330. The molecule has 0 aromatic rings. The van der Waals surface area contributed by atoms with Gasteiger partial charge in [0.05, 0.1) is 0 Å². The molecule has 4 nitrogen and oxygen atoms in total. The molecule has 0 fully saturated rings. The number of rotatable bonds is 4. The van der Waals surface area contributed by atoms with Gasteiger partial charge in [-0.3, -0.25) is 9.59 Å². The van der Waals surface area contributed by atoms with Crippen LogP contribution in [0, 0.1) is 5.92 Å². The highest BCUT2D eigenvalue weighted by Gasteiger charge is 2.10. The quantitative estimate of drug-likeness (QED) is 0.617. The van der Waals surface area contributed by atoms with Gasteiger partial charge in [-0.1, -0.05) is 6.92 Å². The van der Waals surface area contributed by atoms with Crippen molar-refractivity contribution in [2.24, 2.45) is 5.92 Å². The first kappa shape index (κ1) is 9.94. The van der Waals surface area contributed by atoms with Crippen LogP contribution in [0.4, 0.5) is 0 Å². The highest BCUT2D eigenvalue weighted by molar-refractivity contribution is 5.76. The summed E-state index contributed by atoms with van der Waals surface area (Å²) in [7, 11) is 1.54. The van der Waals surface area contributed by atoms with Crippen molar-refractivity contribution in [3.05, 3.63) is 0 Å². The summed E-state index contributed by atoms with van der Waals surface area (Å²) in [6, 6.07) is 0. The Kier molecular flexibility index (Phi) is 4.26. The van der Waals surface area contributed by atoms with Crippen molar-refractivity contribution < 1.29 is 14.7 Å². The molecule has 0 aromatic heterocycles. The highest BCUT2D eigenvalue weighted by Crippen LogP contribution is 2.06. The molecule has 0 saturated heterocycles. The molecule has 64 valence electrons. The first-order valence-electron chi connectivity index (χ1n) is 3.48. The van der Waals surface area contributed by atoms with Gasteiger partial charge in [0.15, 0.2) is 0 Å². The fourth-order valence-electron chi connectivity index (χ4n) is 0.789. The Morgan fingerprint density at radius 1 is 1.45 bits per heavy atom. The summed E-state index contributed by atoms with van der Waals surface area (Å²) in [6.45, 7) is 1.74. The molecule has 2 N–H and O–H groups in total. The molecule has 0 saturated carbocycles. The van der Waals surface area contributed by atoms with E-state index in [4.69, 9.17) is 5.11 Å². The Bertz CT molecular complexity index is 156. The van der Waals surface area contributed by atoms with Gasteiger partial charge in [0.2, 0.25) is 5.91 Å². The molecular weight excluding hydrogens is 146 g/mol. The van der Waals surface area contributed by atoms with Crippen molar-refractivity contribution in [1.82, 2.24) is 5.32 Å². The van der Waals surface area contributed by atoms with E-state index in [0.29, 0.717) is 0 Å². The van der Waals surface area contributed by atoms with Gasteiger partial charge >= 0.3 is 5.97 Å². The molecule has 0 spiro atoms.